The third kappa shape index (κ3) is 2.26. The van der Waals surface area contributed by atoms with Crippen LogP contribution in [0.15, 0.2) is 35.7 Å². The molecule has 0 aliphatic rings. The highest BCUT2D eigenvalue weighted by Gasteiger charge is 2.11. The molecule has 0 aliphatic heterocycles. The number of rotatable bonds is 2. The van der Waals surface area contributed by atoms with E-state index in [1.807, 2.05) is 17.5 Å². The van der Waals surface area contributed by atoms with Gasteiger partial charge in [0.25, 0.3) is 5.95 Å². The third-order valence-electron chi connectivity index (χ3n) is 2.60. The molecule has 0 saturated carbocycles. The summed E-state index contributed by atoms with van der Waals surface area (Å²) in [5.74, 6) is -3.92. The summed E-state index contributed by atoms with van der Waals surface area (Å²) < 4.78 is 40.3. The minimum Gasteiger partial charge on any atom is -0.338 e. The number of fused-ring (bicyclic) bond motifs is 1. The van der Waals surface area contributed by atoms with Crippen LogP contribution in [-0.4, -0.2) is 4.98 Å². The molecule has 3 aromatic rings. The molecule has 0 bridgehead atoms. The first-order chi connectivity index (χ1) is 9.13. The van der Waals surface area contributed by atoms with Crippen LogP contribution in [0.5, 0.6) is 0 Å². The highest BCUT2D eigenvalue weighted by atomic mass is 32.1. The number of hydrogen-bond acceptors (Lipinski definition) is 3. The molecule has 1 N–H and O–H groups in total. The van der Waals surface area contributed by atoms with Crippen molar-refractivity contribution in [3.05, 3.63) is 53.3 Å². The Bertz CT molecular complexity index is 755. The number of aromatic nitrogens is 1. The van der Waals surface area contributed by atoms with E-state index in [0.717, 1.165) is 10.1 Å². The quantitative estimate of drug-likeness (QED) is 0.701. The van der Waals surface area contributed by atoms with Crippen molar-refractivity contribution in [3.8, 4) is 0 Å². The Hall–Kier alpha value is -2.08. The zero-order chi connectivity index (χ0) is 13.4. The third-order valence-corrected chi connectivity index (χ3v) is 3.50. The fourth-order valence-electron chi connectivity index (χ4n) is 1.71. The molecule has 0 aliphatic carbocycles. The predicted molar refractivity (Wildman–Crippen MR) is 69.2 cm³/mol. The Kier molecular flexibility index (Phi) is 2.87. The molecule has 3 rings (SSSR count). The number of benzene rings is 1. The van der Waals surface area contributed by atoms with Crippen LogP contribution in [-0.2, 0) is 0 Å². The summed E-state index contributed by atoms with van der Waals surface area (Å²) in [7, 11) is 0. The van der Waals surface area contributed by atoms with Crippen molar-refractivity contribution in [2.45, 2.75) is 0 Å². The maximum atomic E-state index is 13.4. The lowest BCUT2D eigenvalue weighted by molar-refractivity contribution is 0.467. The van der Waals surface area contributed by atoms with Crippen LogP contribution in [0.25, 0.3) is 10.1 Å². The molecule has 0 fully saturated rings. The molecule has 2 nitrogen and oxygen atoms in total. The molecule has 2 heterocycles. The highest BCUT2D eigenvalue weighted by molar-refractivity contribution is 7.17. The van der Waals surface area contributed by atoms with Gasteiger partial charge in [-0.15, -0.1) is 11.3 Å². The summed E-state index contributed by atoms with van der Waals surface area (Å²) >= 11 is 1.58. The molecule has 96 valence electrons. The summed E-state index contributed by atoms with van der Waals surface area (Å²) in [6.07, 6.45) is 0. The normalized spacial score (nSPS) is 10.9. The Morgan fingerprint density at radius 1 is 1.00 bits per heavy atom. The number of nitrogens with one attached hydrogen (secondary N) is 1. The van der Waals surface area contributed by atoms with E-state index in [4.69, 9.17) is 0 Å². The number of nitrogens with zero attached hydrogens (tertiary/aromatic N) is 1. The van der Waals surface area contributed by atoms with Crippen molar-refractivity contribution in [2.24, 2.45) is 0 Å². The van der Waals surface area contributed by atoms with Crippen LogP contribution < -0.4 is 5.32 Å². The van der Waals surface area contributed by atoms with Crippen molar-refractivity contribution in [1.29, 1.82) is 0 Å². The van der Waals surface area contributed by atoms with Gasteiger partial charge in [-0.3, -0.25) is 0 Å². The number of anilines is 2. The lowest BCUT2D eigenvalue weighted by atomic mass is 10.2. The monoisotopic (exact) mass is 280 g/mol. The number of halogens is 3. The second-order valence-corrected chi connectivity index (χ2v) is 4.84. The first-order valence-corrected chi connectivity index (χ1v) is 6.27. The van der Waals surface area contributed by atoms with Crippen molar-refractivity contribution < 1.29 is 13.2 Å². The van der Waals surface area contributed by atoms with E-state index >= 15 is 0 Å². The van der Waals surface area contributed by atoms with E-state index in [9.17, 15) is 13.2 Å². The van der Waals surface area contributed by atoms with Gasteiger partial charge >= 0.3 is 0 Å². The van der Waals surface area contributed by atoms with Crippen LogP contribution in [0.4, 0.5) is 24.7 Å². The average molecular weight is 280 g/mol. The predicted octanol–water partition coefficient (Wildman–Crippen LogP) is 4.46. The summed E-state index contributed by atoms with van der Waals surface area (Å²) in [5, 5.41) is 5.55. The van der Waals surface area contributed by atoms with Gasteiger partial charge in [0, 0.05) is 16.5 Å². The van der Waals surface area contributed by atoms with Gasteiger partial charge < -0.3 is 5.32 Å². The summed E-state index contributed by atoms with van der Waals surface area (Å²) in [4.78, 5) is 3.21. The highest BCUT2D eigenvalue weighted by Crippen LogP contribution is 2.26. The van der Waals surface area contributed by atoms with E-state index < -0.39 is 17.6 Å². The van der Waals surface area contributed by atoms with Gasteiger partial charge in [-0.05, 0) is 35.0 Å². The SMILES string of the molecule is Fc1cc(F)c(Nc2ccc3sccc3c2)nc1F. The van der Waals surface area contributed by atoms with E-state index in [-0.39, 0.29) is 5.82 Å². The summed E-state index contributed by atoms with van der Waals surface area (Å²) in [5.41, 5.74) is 0.559. The molecule has 1 aromatic carbocycles. The van der Waals surface area contributed by atoms with Crippen LogP contribution in [0.2, 0.25) is 0 Å². The molecule has 6 heteroatoms. The topological polar surface area (TPSA) is 24.9 Å². The Balaban J connectivity index is 1.98. The molecule has 0 amide bonds. The fourth-order valence-corrected chi connectivity index (χ4v) is 2.48. The summed E-state index contributed by atoms with van der Waals surface area (Å²) in [6.45, 7) is 0. The van der Waals surface area contributed by atoms with Crippen LogP contribution >= 0.6 is 11.3 Å². The maximum Gasteiger partial charge on any atom is 0.251 e. The van der Waals surface area contributed by atoms with Crippen molar-refractivity contribution in [1.82, 2.24) is 4.98 Å². The molecule has 19 heavy (non-hydrogen) atoms. The van der Waals surface area contributed by atoms with Crippen LogP contribution in [0, 0.1) is 17.6 Å². The average Bonchev–Trinajstić information content (AvgIpc) is 2.83. The van der Waals surface area contributed by atoms with Gasteiger partial charge in [0.15, 0.2) is 17.5 Å². The van der Waals surface area contributed by atoms with E-state index in [2.05, 4.69) is 10.3 Å². The zero-order valence-corrected chi connectivity index (χ0v) is 10.3. The Labute approximate surface area is 110 Å². The van der Waals surface area contributed by atoms with Gasteiger partial charge in [-0.2, -0.15) is 9.37 Å². The van der Waals surface area contributed by atoms with Gasteiger partial charge in [0.2, 0.25) is 0 Å². The fraction of sp³-hybridized carbons (Fsp3) is 0. The number of thiophene rings is 1. The molecule has 0 radical (unpaired) electrons. The lowest BCUT2D eigenvalue weighted by Gasteiger charge is -2.07. The first-order valence-electron chi connectivity index (χ1n) is 5.39. The molecular weight excluding hydrogens is 273 g/mol. The second-order valence-electron chi connectivity index (χ2n) is 3.89. The molecule has 0 atom stereocenters. The van der Waals surface area contributed by atoms with Gasteiger partial charge in [0.1, 0.15) is 0 Å². The lowest BCUT2D eigenvalue weighted by Crippen LogP contribution is -2.01. The van der Waals surface area contributed by atoms with Crippen molar-refractivity contribution in [2.75, 3.05) is 5.32 Å². The minimum absolute atomic E-state index is 0.339. The summed E-state index contributed by atoms with van der Waals surface area (Å²) in [6, 6.07) is 7.75. The standard InChI is InChI=1S/C13H7F3N2S/c14-9-6-10(15)13(18-12(9)16)17-8-1-2-11-7(5-8)3-4-19-11/h1-6H,(H,17,18). The molecule has 0 unspecified atom stereocenters. The molecule has 0 spiro atoms. The largest absolute Gasteiger partial charge is 0.338 e. The molecule has 2 aromatic heterocycles. The van der Waals surface area contributed by atoms with Crippen molar-refractivity contribution >= 4 is 32.9 Å². The van der Waals surface area contributed by atoms with Crippen LogP contribution in [0.1, 0.15) is 0 Å². The van der Waals surface area contributed by atoms with Crippen LogP contribution in [0.3, 0.4) is 0 Å². The first kappa shape index (κ1) is 12.0. The zero-order valence-electron chi connectivity index (χ0n) is 9.45. The number of pyridine rings is 1. The second kappa shape index (κ2) is 4.55. The Morgan fingerprint density at radius 3 is 2.68 bits per heavy atom. The maximum absolute atomic E-state index is 13.4. The van der Waals surface area contributed by atoms with Gasteiger partial charge in [-0.25, -0.2) is 8.78 Å². The molecular formula is C13H7F3N2S. The van der Waals surface area contributed by atoms with E-state index in [0.29, 0.717) is 11.8 Å². The smallest absolute Gasteiger partial charge is 0.251 e. The van der Waals surface area contributed by atoms with E-state index in [1.165, 1.54) is 0 Å². The number of hydrogen-bond donors (Lipinski definition) is 1. The van der Waals surface area contributed by atoms with Gasteiger partial charge in [0.05, 0.1) is 0 Å². The van der Waals surface area contributed by atoms with Gasteiger partial charge in [-0.1, -0.05) is 0 Å². The molecule has 0 saturated heterocycles. The minimum atomic E-state index is -1.33. The van der Waals surface area contributed by atoms with Crippen molar-refractivity contribution in [3.63, 3.8) is 0 Å². The van der Waals surface area contributed by atoms with E-state index in [1.54, 1.807) is 23.5 Å². The Morgan fingerprint density at radius 2 is 1.84 bits per heavy atom.